The van der Waals surface area contributed by atoms with Crippen LogP contribution < -0.4 is 9.64 Å². The molecule has 0 N–H and O–H groups in total. The van der Waals surface area contributed by atoms with E-state index in [1.807, 2.05) is 27.7 Å². The average molecular weight is 618 g/mol. The zero-order chi connectivity index (χ0) is 31.2. The minimum absolute atomic E-state index is 0.0250. The number of amides is 1. The van der Waals surface area contributed by atoms with Gasteiger partial charge in [0.1, 0.15) is 18.0 Å². The van der Waals surface area contributed by atoms with Crippen molar-refractivity contribution >= 4 is 28.5 Å². The topological polar surface area (TPSA) is 81.2 Å². The number of benzene rings is 2. The molecule has 3 aliphatic rings. The van der Waals surface area contributed by atoms with Crippen molar-refractivity contribution in [1.82, 2.24) is 9.88 Å². The molecule has 6 rings (SSSR count). The fraction of sp³-hybridized carbons (Fsp3) is 0.514. The van der Waals surface area contributed by atoms with E-state index in [2.05, 4.69) is 54.5 Å². The lowest BCUT2D eigenvalue weighted by molar-refractivity contribution is -0.150. The fourth-order valence-corrected chi connectivity index (χ4v) is 7.54. The minimum atomic E-state index is -0.508. The van der Waals surface area contributed by atoms with Gasteiger partial charge in [0, 0.05) is 37.1 Å². The van der Waals surface area contributed by atoms with Gasteiger partial charge in [-0.2, -0.15) is 0 Å². The number of hydrogen-bond acceptors (Lipinski definition) is 8. The number of piperidine rings is 1. The molecule has 9 heteroatoms. The summed E-state index contributed by atoms with van der Waals surface area (Å²) in [4.78, 5) is 34.3. The number of carbonyl (C=O) groups excluding carboxylic acids is 2. The largest absolute Gasteiger partial charge is 0.488 e. The Kier molecular flexibility index (Phi) is 8.11. The highest BCUT2D eigenvalue weighted by atomic mass is 32.1. The first-order valence-corrected chi connectivity index (χ1v) is 16.6. The van der Waals surface area contributed by atoms with Gasteiger partial charge in [-0.05, 0) is 101 Å². The van der Waals surface area contributed by atoms with E-state index in [0.717, 1.165) is 65.6 Å². The molecule has 0 radical (unpaired) electrons. The highest BCUT2D eigenvalue weighted by molar-refractivity contribution is 7.14. The number of fused-ring (bicyclic) bond motifs is 2. The number of rotatable bonds is 7. The lowest BCUT2D eigenvalue weighted by atomic mass is 9.92. The van der Waals surface area contributed by atoms with Gasteiger partial charge in [-0.25, -0.2) is 9.78 Å². The van der Waals surface area contributed by atoms with Crippen LogP contribution in [0.3, 0.4) is 0 Å². The standard InChI is InChI=1S/C35H43N3O5S/c1-7-41-31(39)35-14-16-37(19-26(35)17-35)32-36-29(21-44-32)28-10-8-9-22(2)30(28)42-20-25-12-11-24-18-38(15-13-27(24)23(25)3)33(40)43-34(4,5)6/h8-12,21,26H,7,13-20H2,1-6H3/t26?,35-/m1/s1. The number of anilines is 1. The molecule has 2 atom stereocenters. The van der Waals surface area contributed by atoms with Crippen LogP contribution in [0.2, 0.25) is 0 Å². The van der Waals surface area contributed by atoms with Crippen LogP contribution in [0.4, 0.5) is 9.93 Å². The van der Waals surface area contributed by atoms with Gasteiger partial charge in [0.2, 0.25) is 0 Å². The molecular weight excluding hydrogens is 574 g/mol. The first-order valence-electron chi connectivity index (χ1n) is 15.7. The second-order valence-electron chi connectivity index (χ2n) is 13.4. The smallest absolute Gasteiger partial charge is 0.410 e. The quantitative estimate of drug-likeness (QED) is 0.262. The van der Waals surface area contributed by atoms with Crippen molar-refractivity contribution in [1.29, 1.82) is 0 Å². The van der Waals surface area contributed by atoms with Crippen LogP contribution in [0.1, 0.15) is 68.4 Å². The third-order valence-electron chi connectivity index (χ3n) is 9.26. The molecule has 1 unspecified atom stereocenters. The molecule has 1 aromatic heterocycles. The molecule has 1 saturated carbocycles. The van der Waals surface area contributed by atoms with Crippen molar-refractivity contribution in [3.63, 3.8) is 0 Å². The average Bonchev–Trinajstić information content (AvgIpc) is 3.53. The molecule has 2 aliphatic heterocycles. The van der Waals surface area contributed by atoms with Crippen molar-refractivity contribution in [3.8, 4) is 17.0 Å². The molecule has 1 amide bonds. The number of aryl methyl sites for hydroxylation is 1. The lowest BCUT2D eigenvalue weighted by Crippen LogP contribution is -2.40. The summed E-state index contributed by atoms with van der Waals surface area (Å²) >= 11 is 1.65. The van der Waals surface area contributed by atoms with Crippen LogP contribution in [0.15, 0.2) is 35.7 Å². The second kappa shape index (κ2) is 11.7. The summed E-state index contributed by atoms with van der Waals surface area (Å²) in [7, 11) is 0. The van der Waals surface area contributed by atoms with Gasteiger partial charge < -0.3 is 24.0 Å². The predicted octanol–water partition coefficient (Wildman–Crippen LogP) is 7.08. The summed E-state index contributed by atoms with van der Waals surface area (Å²) in [6.07, 6.45) is 2.27. The first-order chi connectivity index (χ1) is 21.0. The summed E-state index contributed by atoms with van der Waals surface area (Å²) in [6, 6.07) is 10.4. The maximum atomic E-state index is 12.6. The van der Waals surface area contributed by atoms with Gasteiger partial charge in [-0.1, -0.05) is 24.3 Å². The fourth-order valence-electron chi connectivity index (χ4n) is 6.68. The van der Waals surface area contributed by atoms with Gasteiger partial charge in [0.25, 0.3) is 0 Å². The summed E-state index contributed by atoms with van der Waals surface area (Å²) < 4.78 is 17.5. The van der Waals surface area contributed by atoms with E-state index in [1.165, 1.54) is 16.7 Å². The van der Waals surface area contributed by atoms with Crippen LogP contribution in [0.25, 0.3) is 11.3 Å². The molecule has 2 fully saturated rings. The van der Waals surface area contributed by atoms with E-state index in [4.69, 9.17) is 19.2 Å². The number of esters is 1. The first kappa shape index (κ1) is 30.4. The number of ether oxygens (including phenoxy) is 3. The Morgan fingerprint density at radius 2 is 1.95 bits per heavy atom. The van der Waals surface area contributed by atoms with Crippen LogP contribution in [0, 0.1) is 25.2 Å². The number of carbonyl (C=O) groups is 2. The molecule has 44 heavy (non-hydrogen) atoms. The number of nitrogens with zero attached hydrogens (tertiary/aromatic N) is 3. The molecule has 3 aromatic rings. The Labute approximate surface area is 264 Å². The van der Waals surface area contributed by atoms with Crippen LogP contribution in [-0.2, 0) is 33.8 Å². The molecule has 1 saturated heterocycles. The van der Waals surface area contributed by atoms with E-state index < -0.39 is 5.60 Å². The maximum absolute atomic E-state index is 12.6. The Morgan fingerprint density at radius 3 is 2.70 bits per heavy atom. The van der Waals surface area contributed by atoms with Gasteiger partial charge in [-0.3, -0.25) is 4.79 Å². The molecule has 0 bridgehead atoms. The normalized spacial score (nSPS) is 20.9. The molecule has 234 valence electrons. The van der Waals surface area contributed by atoms with Crippen molar-refractivity contribution in [3.05, 3.63) is 63.5 Å². The second-order valence-corrected chi connectivity index (χ2v) is 14.2. The summed E-state index contributed by atoms with van der Waals surface area (Å²) in [5.74, 6) is 1.17. The Hall–Kier alpha value is -3.59. The zero-order valence-electron chi connectivity index (χ0n) is 26.7. The van der Waals surface area contributed by atoms with Gasteiger partial charge in [0.15, 0.2) is 5.13 Å². The number of hydrogen-bond donors (Lipinski definition) is 0. The highest BCUT2D eigenvalue weighted by Crippen LogP contribution is 2.59. The van der Waals surface area contributed by atoms with Crippen molar-refractivity contribution in [2.24, 2.45) is 11.3 Å². The lowest BCUT2D eigenvalue weighted by Gasteiger charge is -2.32. The summed E-state index contributed by atoms with van der Waals surface area (Å²) in [5.41, 5.74) is 7.01. The molecule has 1 aliphatic carbocycles. The van der Waals surface area contributed by atoms with E-state index in [0.29, 0.717) is 32.2 Å². The van der Waals surface area contributed by atoms with Crippen LogP contribution in [0.5, 0.6) is 5.75 Å². The monoisotopic (exact) mass is 617 g/mol. The number of para-hydroxylation sites is 1. The summed E-state index contributed by atoms with van der Waals surface area (Å²) in [5, 5.41) is 3.10. The minimum Gasteiger partial charge on any atom is -0.488 e. The summed E-state index contributed by atoms with van der Waals surface area (Å²) in [6.45, 7) is 15.5. The zero-order valence-corrected chi connectivity index (χ0v) is 27.5. The predicted molar refractivity (Wildman–Crippen MR) is 172 cm³/mol. The van der Waals surface area contributed by atoms with Crippen LogP contribution in [-0.4, -0.2) is 53.8 Å². The van der Waals surface area contributed by atoms with Crippen molar-refractivity contribution < 1.29 is 23.8 Å². The number of thiazole rings is 1. The van der Waals surface area contributed by atoms with Gasteiger partial charge in [-0.15, -0.1) is 11.3 Å². The Bertz CT molecular complexity index is 1580. The molecule has 2 aromatic carbocycles. The molecule has 0 spiro atoms. The molecule has 8 nitrogen and oxygen atoms in total. The Morgan fingerprint density at radius 1 is 1.14 bits per heavy atom. The maximum Gasteiger partial charge on any atom is 0.410 e. The number of aromatic nitrogens is 1. The van der Waals surface area contributed by atoms with Crippen LogP contribution >= 0.6 is 11.3 Å². The Balaban J connectivity index is 1.14. The van der Waals surface area contributed by atoms with Crippen molar-refractivity contribution in [2.75, 3.05) is 31.1 Å². The third-order valence-corrected chi connectivity index (χ3v) is 10.2. The van der Waals surface area contributed by atoms with Gasteiger partial charge in [0.05, 0.1) is 17.7 Å². The molecule has 3 heterocycles. The van der Waals surface area contributed by atoms with E-state index in [1.54, 1.807) is 16.2 Å². The SMILES string of the molecule is CCOC(=O)[C@@]12CCN(c3nc(-c4cccc(C)c4OCc4ccc5c(c4C)CCN(C(=O)OC(C)(C)C)C5)cs3)CC1C2. The van der Waals surface area contributed by atoms with Crippen molar-refractivity contribution in [2.45, 2.75) is 79.6 Å². The molecular formula is C35H43N3O5S. The highest BCUT2D eigenvalue weighted by Gasteiger charge is 2.63. The van der Waals surface area contributed by atoms with E-state index in [-0.39, 0.29) is 17.5 Å². The van der Waals surface area contributed by atoms with E-state index >= 15 is 0 Å². The third kappa shape index (κ3) is 5.91. The van der Waals surface area contributed by atoms with Gasteiger partial charge >= 0.3 is 12.1 Å². The van der Waals surface area contributed by atoms with E-state index in [9.17, 15) is 9.59 Å².